The van der Waals surface area contributed by atoms with Gasteiger partial charge in [-0.15, -0.1) is 0 Å². The van der Waals surface area contributed by atoms with Crippen LogP contribution in [0, 0.1) is 0 Å². The van der Waals surface area contributed by atoms with Crippen LogP contribution in [0.3, 0.4) is 0 Å². The van der Waals surface area contributed by atoms with Gasteiger partial charge in [0.1, 0.15) is 5.69 Å². The molecule has 0 fully saturated rings. The second-order valence-electron chi connectivity index (χ2n) is 7.32. The van der Waals surface area contributed by atoms with Crippen LogP contribution in [0.1, 0.15) is 27.8 Å². The van der Waals surface area contributed by atoms with Crippen LogP contribution in [-0.2, 0) is 9.47 Å². The number of pyridine rings is 1. The SMILES string of the molecule is CCOC(=O)c1ccc(NSc2cccc(C(=O)OCC[Si](C)(C)CN=[N+]=[N-])c2)cn1. The number of nitrogens with one attached hydrogen (secondary N) is 1. The van der Waals surface area contributed by atoms with Crippen molar-refractivity contribution in [3.63, 3.8) is 0 Å². The van der Waals surface area contributed by atoms with Crippen molar-refractivity contribution in [1.82, 2.24) is 4.98 Å². The average Bonchev–Trinajstić information content (AvgIpc) is 2.77. The number of benzene rings is 1. The third-order valence-electron chi connectivity index (χ3n) is 4.18. The smallest absolute Gasteiger partial charge is 0.356 e. The topological polar surface area (TPSA) is 126 Å². The molecule has 0 atom stereocenters. The van der Waals surface area contributed by atoms with Gasteiger partial charge in [0.2, 0.25) is 0 Å². The lowest BCUT2D eigenvalue weighted by Gasteiger charge is -2.19. The van der Waals surface area contributed by atoms with Crippen LogP contribution in [0.2, 0.25) is 19.1 Å². The number of carbonyl (C=O) groups excluding carboxylic acids is 2. The van der Waals surface area contributed by atoms with Crippen LogP contribution in [0.4, 0.5) is 5.69 Å². The molecule has 0 aliphatic heterocycles. The van der Waals surface area contributed by atoms with Crippen LogP contribution >= 0.6 is 11.9 Å². The molecule has 0 saturated heterocycles. The highest BCUT2D eigenvalue weighted by molar-refractivity contribution is 8.00. The maximum Gasteiger partial charge on any atom is 0.356 e. The van der Waals surface area contributed by atoms with Crippen molar-refractivity contribution in [2.75, 3.05) is 24.1 Å². The Balaban J connectivity index is 1.88. The van der Waals surface area contributed by atoms with Crippen molar-refractivity contribution in [3.05, 3.63) is 64.3 Å². The monoisotopic (exact) mass is 459 g/mol. The Morgan fingerprint density at radius 3 is 2.71 bits per heavy atom. The van der Waals surface area contributed by atoms with E-state index in [-0.39, 0.29) is 5.69 Å². The number of esters is 2. The van der Waals surface area contributed by atoms with Crippen molar-refractivity contribution >= 4 is 37.6 Å². The molecule has 0 unspecified atom stereocenters. The molecule has 2 aromatic rings. The fourth-order valence-electron chi connectivity index (χ4n) is 2.39. The molecule has 1 N–H and O–H groups in total. The first-order valence-electron chi connectivity index (χ1n) is 9.69. The first-order valence-corrected chi connectivity index (χ1v) is 13.9. The lowest BCUT2D eigenvalue weighted by Crippen LogP contribution is -2.31. The molecule has 31 heavy (non-hydrogen) atoms. The van der Waals surface area contributed by atoms with E-state index < -0.39 is 20.0 Å². The molecular formula is C20H25N5O4SSi. The van der Waals surface area contributed by atoms with Gasteiger partial charge in [0.15, 0.2) is 0 Å². The number of aromatic nitrogens is 1. The van der Waals surface area contributed by atoms with E-state index in [2.05, 4.69) is 32.8 Å². The predicted molar refractivity (Wildman–Crippen MR) is 123 cm³/mol. The van der Waals surface area contributed by atoms with Crippen LogP contribution in [0.15, 0.2) is 52.6 Å². The largest absolute Gasteiger partial charge is 0.462 e. The number of rotatable bonds is 11. The number of hydrogen-bond acceptors (Lipinski definition) is 8. The fourth-order valence-corrected chi connectivity index (χ4v) is 4.34. The van der Waals surface area contributed by atoms with Crippen molar-refractivity contribution in [2.24, 2.45) is 5.11 Å². The molecule has 0 bridgehead atoms. The van der Waals surface area contributed by atoms with Gasteiger partial charge in [-0.05, 0) is 60.8 Å². The van der Waals surface area contributed by atoms with Crippen molar-refractivity contribution < 1.29 is 19.1 Å². The fraction of sp³-hybridized carbons (Fsp3) is 0.350. The summed E-state index contributed by atoms with van der Waals surface area (Å²) in [6.07, 6.45) is 2.02. The normalized spacial score (nSPS) is 10.7. The Hall–Kier alpha value is -3.01. The quantitative estimate of drug-likeness (QED) is 0.124. The number of azide groups is 1. The Bertz CT molecular complexity index is 949. The van der Waals surface area contributed by atoms with Crippen LogP contribution < -0.4 is 4.72 Å². The molecular weight excluding hydrogens is 434 g/mol. The van der Waals surface area contributed by atoms with Gasteiger partial charge in [-0.2, -0.15) is 0 Å². The van der Waals surface area contributed by atoms with Crippen LogP contribution in [-0.4, -0.2) is 44.4 Å². The number of anilines is 1. The van der Waals surface area contributed by atoms with E-state index >= 15 is 0 Å². The molecule has 0 spiro atoms. The van der Waals surface area contributed by atoms with Gasteiger partial charge >= 0.3 is 11.9 Å². The minimum atomic E-state index is -1.72. The van der Waals surface area contributed by atoms with E-state index in [1.54, 1.807) is 43.5 Å². The molecule has 0 aliphatic carbocycles. The zero-order chi connectivity index (χ0) is 22.7. The molecule has 2 rings (SSSR count). The maximum atomic E-state index is 12.4. The summed E-state index contributed by atoms with van der Waals surface area (Å²) in [5.74, 6) is -0.853. The van der Waals surface area contributed by atoms with Gasteiger partial charge < -0.3 is 14.2 Å². The number of ether oxygens (including phenoxy) is 2. The second-order valence-corrected chi connectivity index (χ2v) is 13.3. The average molecular weight is 460 g/mol. The standard InChI is InChI=1S/C20H25N5O4SSi/c1-4-28-20(27)18-9-8-16(13-22-18)24-30-17-7-5-6-15(12-17)19(26)29-10-11-31(2,3)14-23-25-21/h5-9,12-13,24H,4,10-11,14H2,1-3H3. The Morgan fingerprint density at radius 2 is 2.03 bits per heavy atom. The summed E-state index contributed by atoms with van der Waals surface area (Å²) in [6, 6.07) is 11.1. The summed E-state index contributed by atoms with van der Waals surface area (Å²) in [4.78, 5) is 31.7. The number of nitrogens with zero attached hydrogens (tertiary/aromatic N) is 4. The van der Waals surface area contributed by atoms with Crippen LogP contribution in [0.25, 0.3) is 10.4 Å². The van der Waals surface area contributed by atoms with Crippen molar-refractivity contribution in [3.8, 4) is 0 Å². The molecule has 164 valence electrons. The van der Waals surface area contributed by atoms with E-state index in [0.29, 0.717) is 30.6 Å². The molecule has 0 radical (unpaired) electrons. The summed E-state index contributed by atoms with van der Waals surface area (Å²) in [7, 11) is -1.72. The second kappa shape index (κ2) is 12.0. The lowest BCUT2D eigenvalue weighted by molar-refractivity contribution is 0.0512. The summed E-state index contributed by atoms with van der Waals surface area (Å²) in [6.45, 7) is 6.51. The first kappa shape index (κ1) is 24.3. The highest BCUT2D eigenvalue weighted by atomic mass is 32.2. The zero-order valence-corrected chi connectivity index (χ0v) is 19.5. The van der Waals surface area contributed by atoms with Gasteiger partial charge in [-0.25, -0.2) is 14.6 Å². The highest BCUT2D eigenvalue weighted by Gasteiger charge is 2.20. The van der Waals surface area contributed by atoms with E-state index in [4.69, 9.17) is 15.0 Å². The third kappa shape index (κ3) is 8.33. The lowest BCUT2D eigenvalue weighted by atomic mass is 10.2. The van der Waals surface area contributed by atoms with Gasteiger partial charge in [0.05, 0.1) is 38.7 Å². The molecule has 0 amide bonds. The summed E-state index contributed by atoms with van der Waals surface area (Å²) < 4.78 is 13.4. The highest BCUT2D eigenvalue weighted by Crippen LogP contribution is 2.22. The predicted octanol–water partition coefficient (Wildman–Crippen LogP) is 5.09. The van der Waals surface area contributed by atoms with Gasteiger partial charge in [-0.3, -0.25) is 0 Å². The molecule has 11 heteroatoms. The van der Waals surface area contributed by atoms with Crippen molar-refractivity contribution in [1.29, 1.82) is 0 Å². The van der Waals surface area contributed by atoms with E-state index in [1.807, 2.05) is 6.07 Å². The molecule has 0 saturated carbocycles. The van der Waals surface area contributed by atoms with Gasteiger partial charge in [0, 0.05) is 16.0 Å². The van der Waals surface area contributed by atoms with Gasteiger partial charge in [0.25, 0.3) is 0 Å². The Labute approximate surface area is 186 Å². The maximum absolute atomic E-state index is 12.4. The Kier molecular flexibility index (Phi) is 9.38. The first-order chi connectivity index (χ1) is 14.8. The summed E-state index contributed by atoms with van der Waals surface area (Å²) in [5.41, 5.74) is 9.86. The summed E-state index contributed by atoms with van der Waals surface area (Å²) >= 11 is 1.31. The molecule has 1 heterocycles. The van der Waals surface area contributed by atoms with E-state index in [9.17, 15) is 9.59 Å². The van der Waals surface area contributed by atoms with E-state index in [0.717, 1.165) is 10.9 Å². The minimum Gasteiger partial charge on any atom is -0.462 e. The molecule has 1 aromatic carbocycles. The molecule has 0 aliphatic rings. The van der Waals surface area contributed by atoms with Crippen LogP contribution in [0.5, 0.6) is 0 Å². The summed E-state index contributed by atoms with van der Waals surface area (Å²) in [5, 5.41) is 3.64. The minimum absolute atomic E-state index is 0.243. The number of hydrogen-bond donors (Lipinski definition) is 1. The van der Waals surface area contributed by atoms with E-state index in [1.165, 1.54) is 11.9 Å². The molecule has 1 aromatic heterocycles. The third-order valence-corrected chi connectivity index (χ3v) is 7.56. The van der Waals surface area contributed by atoms with Gasteiger partial charge in [-0.1, -0.05) is 24.3 Å². The molecule has 9 nitrogen and oxygen atoms in total. The van der Waals surface area contributed by atoms with Crippen molar-refractivity contribution in [2.45, 2.75) is 31.0 Å². The number of carbonyl (C=O) groups is 2. The zero-order valence-electron chi connectivity index (χ0n) is 17.7. The Morgan fingerprint density at radius 1 is 1.23 bits per heavy atom.